The quantitative estimate of drug-likeness (QED) is 0.707. The smallest absolute Gasteiger partial charge is 0.297 e. The Labute approximate surface area is 158 Å². The van der Waals surface area contributed by atoms with Crippen LogP contribution in [0.5, 0.6) is 0 Å². The Morgan fingerprint density at radius 1 is 1.00 bits per heavy atom. The van der Waals surface area contributed by atoms with Crippen LogP contribution in [0.15, 0.2) is 35.2 Å². The maximum Gasteiger partial charge on any atom is 0.297 e. The van der Waals surface area contributed by atoms with Gasteiger partial charge in [-0.25, -0.2) is 0 Å². The summed E-state index contributed by atoms with van der Waals surface area (Å²) in [4.78, 5) is 0.0720. The fourth-order valence-corrected chi connectivity index (χ4v) is 4.55. The number of hydrogen-bond donors (Lipinski definition) is 0. The van der Waals surface area contributed by atoms with Gasteiger partial charge in [-0.1, -0.05) is 18.2 Å². The van der Waals surface area contributed by atoms with E-state index in [-0.39, 0.29) is 18.1 Å². The lowest BCUT2D eigenvalue weighted by Gasteiger charge is -2.45. The first-order chi connectivity index (χ1) is 12.5. The number of rotatable bonds is 4. The minimum atomic E-state index is -3.95. The standard InChI is InChI=1S/C18H24O8S/c1-16(2)21-10-18(11-22-27(19,20)12-8-6-5-7-9-12)14(24-16)13-15(26-18)25-17(3,4)23-13/h5-9,13-15H,10-11H2,1-4H3. The molecule has 27 heavy (non-hydrogen) atoms. The molecule has 3 fully saturated rings. The highest BCUT2D eigenvalue weighted by molar-refractivity contribution is 7.86. The molecule has 1 aromatic rings. The highest BCUT2D eigenvalue weighted by Gasteiger charge is 2.66. The summed E-state index contributed by atoms with van der Waals surface area (Å²) in [5.74, 6) is -1.68. The van der Waals surface area contributed by atoms with E-state index in [1.165, 1.54) is 12.1 Å². The molecule has 4 atom stereocenters. The first-order valence-electron chi connectivity index (χ1n) is 8.82. The molecule has 0 spiro atoms. The van der Waals surface area contributed by atoms with Crippen LogP contribution in [0.1, 0.15) is 27.7 Å². The second-order valence-corrected chi connectivity index (χ2v) is 9.52. The second-order valence-electron chi connectivity index (χ2n) is 7.91. The lowest BCUT2D eigenvalue weighted by Crippen LogP contribution is -2.61. The minimum Gasteiger partial charge on any atom is -0.347 e. The largest absolute Gasteiger partial charge is 0.347 e. The van der Waals surface area contributed by atoms with Gasteiger partial charge in [0, 0.05) is 0 Å². The average molecular weight is 400 g/mol. The highest BCUT2D eigenvalue weighted by atomic mass is 32.2. The summed E-state index contributed by atoms with van der Waals surface area (Å²) in [5.41, 5.74) is -1.15. The third-order valence-corrected chi connectivity index (χ3v) is 6.10. The van der Waals surface area contributed by atoms with E-state index in [1.807, 2.05) is 0 Å². The molecule has 1 aromatic carbocycles. The highest BCUT2D eigenvalue weighted by Crippen LogP contribution is 2.47. The zero-order valence-corrected chi connectivity index (χ0v) is 16.5. The molecule has 0 N–H and O–H groups in total. The molecule has 3 aliphatic rings. The van der Waals surface area contributed by atoms with Crippen molar-refractivity contribution in [1.82, 2.24) is 0 Å². The van der Waals surface area contributed by atoms with Gasteiger partial charge in [-0.2, -0.15) is 8.42 Å². The molecule has 3 aliphatic heterocycles. The van der Waals surface area contributed by atoms with Crippen LogP contribution in [-0.2, 0) is 38.0 Å². The summed E-state index contributed by atoms with van der Waals surface area (Å²) in [5, 5.41) is 0. The van der Waals surface area contributed by atoms with E-state index in [4.69, 9.17) is 27.9 Å². The van der Waals surface area contributed by atoms with Crippen LogP contribution in [0.4, 0.5) is 0 Å². The maximum absolute atomic E-state index is 12.5. The van der Waals surface area contributed by atoms with Crippen molar-refractivity contribution in [2.45, 2.75) is 68.3 Å². The predicted octanol–water partition coefficient (Wildman–Crippen LogP) is 1.79. The average Bonchev–Trinajstić information content (AvgIpc) is 3.03. The van der Waals surface area contributed by atoms with Crippen molar-refractivity contribution < 1.29 is 36.3 Å². The van der Waals surface area contributed by atoms with E-state index >= 15 is 0 Å². The molecular formula is C18H24O8S. The van der Waals surface area contributed by atoms with Gasteiger partial charge in [-0.05, 0) is 39.8 Å². The summed E-state index contributed by atoms with van der Waals surface area (Å²) in [6.07, 6.45) is -1.80. The van der Waals surface area contributed by atoms with E-state index < -0.39 is 45.8 Å². The van der Waals surface area contributed by atoms with Gasteiger partial charge in [-0.3, -0.25) is 4.18 Å². The first kappa shape index (κ1) is 19.3. The summed E-state index contributed by atoms with van der Waals surface area (Å²) in [6.45, 7) is 6.97. The second kappa shape index (κ2) is 6.21. The van der Waals surface area contributed by atoms with Gasteiger partial charge in [0.2, 0.25) is 0 Å². The summed E-state index contributed by atoms with van der Waals surface area (Å²) < 4.78 is 59.9. The number of hydrogen-bond acceptors (Lipinski definition) is 8. The van der Waals surface area contributed by atoms with E-state index in [9.17, 15) is 8.42 Å². The maximum atomic E-state index is 12.5. The van der Waals surface area contributed by atoms with Crippen LogP contribution in [0.3, 0.4) is 0 Å². The minimum absolute atomic E-state index is 0.0720. The molecule has 0 radical (unpaired) electrons. The molecule has 8 nitrogen and oxygen atoms in total. The molecule has 9 heteroatoms. The Balaban J connectivity index is 1.57. The number of fused-ring (bicyclic) bond motifs is 3. The van der Waals surface area contributed by atoms with E-state index in [2.05, 4.69) is 0 Å². The summed E-state index contributed by atoms with van der Waals surface area (Å²) >= 11 is 0. The monoisotopic (exact) mass is 400 g/mol. The van der Waals surface area contributed by atoms with Crippen LogP contribution < -0.4 is 0 Å². The van der Waals surface area contributed by atoms with Crippen molar-refractivity contribution in [2.75, 3.05) is 13.2 Å². The zero-order valence-electron chi connectivity index (χ0n) is 15.7. The van der Waals surface area contributed by atoms with Crippen LogP contribution in [-0.4, -0.2) is 57.3 Å². The number of ether oxygens (including phenoxy) is 5. The normalized spacial score (nSPS) is 37.0. The lowest BCUT2D eigenvalue weighted by atomic mass is 9.95. The molecule has 0 saturated carbocycles. The molecule has 0 bridgehead atoms. The molecule has 4 rings (SSSR count). The fourth-order valence-electron chi connectivity index (χ4n) is 3.57. The van der Waals surface area contributed by atoms with Crippen LogP contribution in [0.2, 0.25) is 0 Å². The molecular weight excluding hydrogens is 376 g/mol. The number of benzene rings is 1. The van der Waals surface area contributed by atoms with Crippen LogP contribution in [0.25, 0.3) is 0 Å². The van der Waals surface area contributed by atoms with Crippen molar-refractivity contribution in [3.05, 3.63) is 30.3 Å². The van der Waals surface area contributed by atoms with Gasteiger partial charge in [0.05, 0.1) is 11.5 Å². The van der Waals surface area contributed by atoms with Crippen molar-refractivity contribution in [2.24, 2.45) is 0 Å². The molecule has 3 saturated heterocycles. The summed E-state index contributed by atoms with van der Waals surface area (Å²) in [7, 11) is -3.95. The third-order valence-electron chi connectivity index (χ3n) is 4.82. The Morgan fingerprint density at radius 3 is 2.41 bits per heavy atom. The Morgan fingerprint density at radius 2 is 1.70 bits per heavy atom. The van der Waals surface area contributed by atoms with Gasteiger partial charge in [-0.15, -0.1) is 0 Å². The molecule has 0 aromatic heterocycles. The topological polar surface area (TPSA) is 89.5 Å². The third kappa shape index (κ3) is 3.53. The van der Waals surface area contributed by atoms with Crippen LogP contribution >= 0.6 is 0 Å². The SMILES string of the molecule is CC1(C)OC2OC3(COS(=O)(=O)c4ccccc4)COC(C)(C)OC3C2O1. The van der Waals surface area contributed by atoms with Gasteiger partial charge < -0.3 is 23.7 Å². The lowest BCUT2D eigenvalue weighted by molar-refractivity contribution is -0.351. The zero-order chi connectivity index (χ0) is 19.5. The van der Waals surface area contributed by atoms with Crippen molar-refractivity contribution in [3.8, 4) is 0 Å². The first-order valence-corrected chi connectivity index (χ1v) is 10.2. The van der Waals surface area contributed by atoms with Crippen molar-refractivity contribution in [1.29, 1.82) is 0 Å². The Kier molecular flexibility index (Phi) is 4.43. The van der Waals surface area contributed by atoms with Crippen LogP contribution in [0, 0.1) is 0 Å². The van der Waals surface area contributed by atoms with Gasteiger partial charge in [0.25, 0.3) is 10.1 Å². The fraction of sp³-hybridized carbons (Fsp3) is 0.667. The molecule has 3 heterocycles. The van der Waals surface area contributed by atoms with Crippen molar-refractivity contribution in [3.63, 3.8) is 0 Å². The Hall–Kier alpha value is -1.07. The molecule has 150 valence electrons. The molecule has 0 aliphatic carbocycles. The van der Waals surface area contributed by atoms with Gasteiger partial charge in [0.1, 0.15) is 24.4 Å². The summed E-state index contributed by atoms with van der Waals surface area (Å²) in [6, 6.07) is 7.94. The molecule has 4 unspecified atom stereocenters. The van der Waals surface area contributed by atoms with Gasteiger partial charge >= 0.3 is 0 Å². The van der Waals surface area contributed by atoms with E-state index in [0.717, 1.165) is 0 Å². The van der Waals surface area contributed by atoms with Gasteiger partial charge in [0.15, 0.2) is 17.9 Å². The van der Waals surface area contributed by atoms with E-state index in [0.29, 0.717) is 0 Å². The van der Waals surface area contributed by atoms with Crippen molar-refractivity contribution >= 4 is 10.1 Å². The predicted molar refractivity (Wildman–Crippen MR) is 92.1 cm³/mol. The Bertz CT molecular complexity index is 806. The van der Waals surface area contributed by atoms with E-state index in [1.54, 1.807) is 45.9 Å². The molecule has 0 amide bonds.